The van der Waals surface area contributed by atoms with Gasteiger partial charge in [0.05, 0.1) is 11.0 Å². The second kappa shape index (κ2) is 4.45. The van der Waals surface area contributed by atoms with Crippen molar-refractivity contribution in [2.75, 3.05) is 5.75 Å². The molecule has 0 radical (unpaired) electrons. The van der Waals surface area contributed by atoms with Gasteiger partial charge < -0.3 is 5.73 Å². The smallest absolute Gasteiger partial charge is 0.155 e. The molecule has 0 saturated carbocycles. The molecule has 0 amide bonds. The summed E-state index contributed by atoms with van der Waals surface area (Å²) in [7, 11) is -2.94. The molecule has 82 valence electrons. The van der Waals surface area contributed by atoms with Crippen LogP contribution in [0.2, 0.25) is 0 Å². The Labute approximate surface area is 86.3 Å². The molecule has 0 aromatic carbocycles. The molecular formula is C10H19NO2S. The fourth-order valence-electron chi connectivity index (χ4n) is 1.90. The van der Waals surface area contributed by atoms with E-state index in [2.05, 4.69) is 0 Å². The van der Waals surface area contributed by atoms with E-state index in [0.717, 1.165) is 18.4 Å². The number of allylic oxidation sites excluding steroid dienone is 1. The van der Waals surface area contributed by atoms with Gasteiger partial charge in [-0.05, 0) is 26.7 Å². The molecule has 3 nitrogen and oxygen atoms in total. The fraction of sp³-hybridized carbons (Fsp3) is 0.800. The summed E-state index contributed by atoms with van der Waals surface area (Å²) in [4.78, 5) is 0. The van der Waals surface area contributed by atoms with Gasteiger partial charge in [0.25, 0.3) is 0 Å². The topological polar surface area (TPSA) is 60.2 Å². The average molecular weight is 217 g/mol. The van der Waals surface area contributed by atoms with Crippen molar-refractivity contribution < 1.29 is 8.42 Å². The first-order valence-electron chi connectivity index (χ1n) is 5.05. The van der Waals surface area contributed by atoms with E-state index < -0.39 is 9.84 Å². The van der Waals surface area contributed by atoms with Crippen LogP contribution in [0.5, 0.6) is 0 Å². The molecule has 14 heavy (non-hydrogen) atoms. The van der Waals surface area contributed by atoms with Crippen LogP contribution in [0.3, 0.4) is 0 Å². The number of hydrogen-bond acceptors (Lipinski definition) is 3. The Balaban J connectivity index is 2.80. The minimum Gasteiger partial charge on any atom is -0.323 e. The van der Waals surface area contributed by atoms with E-state index >= 15 is 0 Å². The Morgan fingerprint density at radius 3 is 2.57 bits per heavy atom. The Bertz CT molecular complexity index is 315. The van der Waals surface area contributed by atoms with Crippen molar-refractivity contribution in [1.82, 2.24) is 0 Å². The average Bonchev–Trinajstić information content (AvgIpc) is 2.01. The summed E-state index contributed by atoms with van der Waals surface area (Å²) in [6.07, 6.45) is 4.34. The second-order valence-corrected chi connectivity index (χ2v) is 6.56. The van der Waals surface area contributed by atoms with Crippen molar-refractivity contribution in [1.29, 1.82) is 0 Å². The molecular weight excluding hydrogens is 198 g/mol. The van der Waals surface area contributed by atoms with E-state index in [-0.39, 0.29) is 11.3 Å². The van der Waals surface area contributed by atoms with E-state index in [4.69, 9.17) is 5.73 Å². The minimum atomic E-state index is -2.94. The molecule has 1 heterocycles. The van der Waals surface area contributed by atoms with Crippen LogP contribution in [0, 0.1) is 0 Å². The highest BCUT2D eigenvalue weighted by molar-refractivity contribution is 7.92. The lowest BCUT2D eigenvalue weighted by atomic mass is 10.1. The summed E-state index contributed by atoms with van der Waals surface area (Å²) < 4.78 is 23.4. The number of sulfone groups is 1. The second-order valence-electron chi connectivity index (χ2n) is 4.22. The van der Waals surface area contributed by atoms with E-state index in [0.29, 0.717) is 12.2 Å². The molecule has 2 N–H and O–H groups in total. The number of hydrogen-bond donors (Lipinski definition) is 1. The van der Waals surface area contributed by atoms with Crippen molar-refractivity contribution in [3.05, 3.63) is 11.6 Å². The molecule has 2 atom stereocenters. The Morgan fingerprint density at radius 1 is 1.43 bits per heavy atom. The van der Waals surface area contributed by atoms with Gasteiger partial charge in [-0.25, -0.2) is 8.42 Å². The lowest BCUT2D eigenvalue weighted by molar-refractivity contribution is 0.522. The maximum atomic E-state index is 11.7. The number of nitrogens with two attached hydrogens (primary N) is 1. The van der Waals surface area contributed by atoms with Crippen LogP contribution >= 0.6 is 0 Å². The standard InChI is InChI=1S/C10H19NO2S/c1-8(2)7-9(11)10-5-3-4-6-14(10,12)13/h7,9-10H,3-6,11H2,1-2H3. The van der Waals surface area contributed by atoms with Gasteiger partial charge in [0.1, 0.15) is 0 Å². The van der Waals surface area contributed by atoms with Crippen molar-refractivity contribution in [3.63, 3.8) is 0 Å². The van der Waals surface area contributed by atoms with Gasteiger partial charge in [-0.2, -0.15) is 0 Å². The van der Waals surface area contributed by atoms with Crippen molar-refractivity contribution in [2.45, 2.75) is 44.4 Å². The minimum absolute atomic E-state index is 0.308. The fourth-order valence-corrected chi connectivity index (χ4v) is 3.90. The lowest BCUT2D eigenvalue weighted by Crippen LogP contribution is -2.42. The van der Waals surface area contributed by atoms with Gasteiger partial charge in [0.15, 0.2) is 9.84 Å². The summed E-state index contributed by atoms with van der Waals surface area (Å²) in [5, 5.41) is -0.355. The highest BCUT2D eigenvalue weighted by Gasteiger charge is 2.32. The van der Waals surface area contributed by atoms with Crippen LogP contribution in [0.15, 0.2) is 11.6 Å². The quantitative estimate of drug-likeness (QED) is 0.708. The zero-order valence-electron chi connectivity index (χ0n) is 8.86. The molecule has 0 bridgehead atoms. The third-order valence-electron chi connectivity index (χ3n) is 2.58. The number of rotatable bonds is 2. The van der Waals surface area contributed by atoms with Gasteiger partial charge >= 0.3 is 0 Å². The Hall–Kier alpha value is -0.350. The summed E-state index contributed by atoms with van der Waals surface area (Å²) in [6.45, 7) is 3.88. The Morgan fingerprint density at radius 2 is 2.07 bits per heavy atom. The third kappa shape index (κ3) is 2.82. The van der Waals surface area contributed by atoms with Gasteiger partial charge in [-0.3, -0.25) is 0 Å². The molecule has 1 aliphatic rings. The summed E-state index contributed by atoms with van der Waals surface area (Å²) in [6, 6.07) is -0.328. The normalized spacial score (nSPS) is 28.1. The van der Waals surface area contributed by atoms with Crippen LogP contribution in [-0.2, 0) is 9.84 Å². The lowest BCUT2D eigenvalue weighted by Gasteiger charge is -2.25. The van der Waals surface area contributed by atoms with Gasteiger partial charge in [0.2, 0.25) is 0 Å². The molecule has 0 aromatic rings. The van der Waals surface area contributed by atoms with Crippen molar-refractivity contribution >= 4 is 9.84 Å². The SMILES string of the molecule is CC(C)=CC(N)C1CCCCS1(=O)=O. The summed E-state index contributed by atoms with van der Waals surface area (Å²) in [5.41, 5.74) is 6.95. The maximum Gasteiger partial charge on any atom is 0.155 e. The van der Waals surface area contributed by atoms with Crippen molar-refractivity contribution in [3.8, 4) is 0 Å². The summed E-state index contributed by atoms with van der Waals surface area (Å²) >= 11 is 0. The van der Waals surface area contributed by atoms with Crippen molar-refractivity contribution in [2.24, 2.45) is 5.73 Å². The van der Waals surface area contributed by atoms with E-state index in [1.165, 1.54) is 0 Å². The zero-order chi connectivity index (χ0) is 10.8. The van der Waals surface area contributed by atoms with Crippen LogP contribution in [0.25, 0.3) is 0 Å². The van der Waals surface area contributed by atoms with Crippen LogP contribution in [0.1, 0.15) is 33.1 Å². The van der Waals surface area contributed by atoms with E-state index in [1.54, 1.807) is 0 Å². The van der Waals surface area contributed by atoms with E-state index in [1.807, 2.05) is 19.9 Å². The first-order chi connectivity index (χ1) is 6.43. The third-order valence-corrected chi connectivity index (χ3v) is 4.91. The molecule has 0 aromatic heterocycles. The highest BCUT2D eigenvalue weighted by Crippen LogP contribution is 2.22. The molecule has 1 saturated heterocycles. The van der Waals surface area contributed by atoms with Crippen LogP contribution < -0.4 is 5.73 Å². The van der Waals surface area contributed by atoms with E-state index in [9.17, 15) is 8.42 Å². The molecule has 0 spiro atoms. The molecule has 4 heteroatoms. The molecule has 1 rings (SSSR count). The zero-order valence-corrected chi connectivity index (χ0v) is 9.68. The molecule has 0 aliphatic carbocycles. The van der Waals surface area contributed by atoms with Gasteiger partial charge in [0, 0.05) is 6.04 Å². The predicted octanol–water partition coefficient (Wildman–Crippen LogP) is 1.25. The van der Waals surface area contributed by atoms with Crippen LogP contribution in [0.4, 0.5) is 0 Å². The molecule has 2 unspecified atom stereocenters. The highest BCUT2D eigenvalue weighted by atomic mass is 32.2. The Kier molecular flexibility index (Phi) is 3.72. The molecule has 1 fully saturated rings. The van der Waals surface area contributed by atoms with Crippen LogP contribution in [-0.4, -0.2) is 25.5 Å². The van der Waals surface area contributed by atoms with Gasteiger partial charge in [-0.1, -0.05) is 18.1 Å². The largest absolute Gasteiger partial charge is 0.323 e. The maximum absolute atomic E-state index is 11.7. The first-order valence-corrected chi connectivity index (χ1v) is 6.77. The monoisotopic (exact) mass is 217 g/mol. The summed E-state index contributed by atoms with van der Waals surface area (Å²) in [5.74, 6) is 0.308. The molecule has 1 aliphatic heterocycles. The first kappa shape index (κ1) is 11.7. The predicted molar refractivity (Wildman–Crippen MR) is 58.8 cm³/mol. The van der Waals surface area contributed by atoms with Gasteiger partial charge in [-0.15, -0.1) is 0 Å².